The smallest absolute Gasteiger partial charge is 0.259 e. The van der Waals surface area contributed by atoms with Gasteiger partial charge < -0.3 is 15.0 Å². The van der Waals surface area contributed by atoms with Gasteiger partial charge in [-0.25, -0.2) is 9.37 Å². The van der Waals surface area contributed by atoms with Crippen LogP contribution in [-0.4, -0.2) is 43.5 Å². The molecule has 1 aromatic heterocycles. The molecule has 0 bridgehead atoms. The van der Waals surface area contributed by atoms with Crippen molar-refractivity contribution in [2.24, 2.45) is 5.41 Å². The largest absolute Gasteiger partial charge is 0.381 e. The van der Waals surface area contributed by atoms with Gasteiger partial charge in [0.15, 0.2) is 0 Å². The fourth-order valence-electron chi connectivity index (χ4n) is 3.73. The molecule has 1 aromatic carbocycles. The number of carbonyl (C=O) groups excluding carboxylic acids is 2. The first-order valence-electron chi connectivity index (χ1n) is 8.93. The summed E-state index contributed by atoms with van der Waals surface area (Å²) < 4.78 is 19.2. The number of hydrogen-bond donors (Lipinski definition) is 1. The van der Waals surface area contributed by atoms with Crippen molar-refractivity contribution in [2.75, 3.05) is 36.5 Å². The highest BCUT2D eigenvalue weighted by Crippen LogP contribution is 2.42. The Morgan fingerprint density at radius 1 is 1.22 bits per heavy atom. The maximum absolute atomic E-state index is 13.8. The highest BCUT2D eigenvalue weighted by Gasteiger charge is 2.45. The van der Waals surface area contributed by atoms with E-state index in [0.29, 0.717) is 17.1 Å². The van der Waals surface area contributed by atoms with Crippen LogP contribution in [-0.2, 0) is 4.74 Å². The van der Waals surface area contributed by atoms with Crippen molar-refractivity contribution in [3.63, 3.8) is 0 Å². The third-order valence-electron chi connectivity index (χ3n) is 5.29. The number of ether oxygens (including phenoxy) is 1. The SMILES string of the molecule is O=Cc1ccc(NC(=O)c2cc(F)cnc2N2CC3(CCOCC3)C2)cc1. The number of halogens is 1. The Kier molecular flexibility index (Phi) is 4.61. The van der Waals surface area contributed by atoms with Crippen LogP contribution >= 0.6 is 0 Å². The molecule has 6 nitrogen and oxygen atoms in total. The standard InChI is InChI=1S/C20H20FN3O3/c21-15-9-17(19(26)23-16-3-1-14(11-25)2-4-16)18(22-10-15)24-12-20(13-24)5-7-27-8-6-20/h1-4,9-11H,5-8,12-13H2,(H,23,26). The summed E-state index contributed by atoms with van der Waals surface area (Å²) in [5.74, 6) is -0.485. The minimum absolute atomic E-state index is 0.205. The quantitative estimate of drug-likeness (QED) is 0.839. The fourth-order valence-corrected chi connectivity index (χ4v) is 3.73. The predicted octanol–water partition coefficient (Wildman–Crippen LogP) is 2.90. The molecule has 2 fully saturated rings. The Bertz CT molecular complexity index is 855. The molecule has 1 spiro atoms. The van der Waals surface area contributed by atoms with Crippen LogP contribution in [0.1, 0.15) is 33.6 Å². The predicted molar refractivity (Wildman–Crippen MR) is 98.7 cm³/mol. The van der Waals surface area contributed by atoms with Gasteiger partial charge >= 0.3 is 0 Å². The lowest BCUT2D eigenvalue weighted by atomic mass is 9.73. The number of nitrogens with one attached hydrogen (secondary N) is 1. The second kappa shape index (κ2) is 7.08. The first-order chi connectivity index (χ1) is 13.1. The number of amides is 1. The summed E-state index contributed by atoms with van der Waals surface area (Å²) in [7, 11) is 0. The molecular weight excluding hydrogens is 349 g/mol. The summed E-state index contributed by atoms with van der Waals surface area (Å²) in [6, 6.07) is 7.70. The highest BCUT2D eigenvalue weighted by molar-refractivity contribution is 6.07. The van der Waals surface area contributed by atoms with Crippen molar-refractivity contribution in [1.82, 2.24) is 4.98 Å². The van der Waals surface area contributed by atoms with Crippen LogP contribution in [0.25, 0.3) is 0 Å². The highest BCUT2D eigenvalue weighted by atomic mass is 19.1. The van der Waals surface area contributed by atoms with Crippen LogP contribution in [0.3, 0.4) is 0 Å². The third-order valence-corrected chi connectivity index (χ3v) is 5.29. The van der Waals surface area contributed by atoms with E-state index in [1.54, 1.807) is 24.3 Å². The zero-order valence-electron chi connectivity index (χ0n) is 14.8. The van der Waals surface area contributed by atoms with Gasteiger partial charge in [0.05, 0.1) is 11.8 Å². The van der Waals surface area contributed by atoms with Crippen molar-refractivity contribution >= 4 is 23.7 Å². The topological polar surface area (TPSA) is 71.5 Å². The molecule has 0 radical (unpaired) electrons. The number of aldehydes is 1. The molecule has 0 unspecified atom stereocenters. The number of nitrogens with zero attached hydrogens (tertiary/aromatic N) is 2. The monoisotopic (exact) mass is 369 g/mol. The van der Waals surface area contributed by atoms with Crippen LogP contribution in [0.4, 0.5) is 15.9 Å². The number of hydrogen-bond acceptors (Lipinski definition) is 5. The lowest BCUT2D eigenvalue weighted by Gasteiger charge is -2.53. The van der Waals surface area contributed by atoms with Crippen LogP contribution in [0.2, 0.25) is 0 Å². The molecule has 0 saturated carbocycles. The van der Waals surface area contributed by atoms with Crippen LogP contribution < -0.4 is 10.2 Å². The number of aromatic nitrogens is 1. The van der Waals surface area contributed by atoms with Gasteiger partial charge in [-0.3, -0.25) is 9.59 Å². The average molecular weight is 369 g/mol. The summed E-state index contributed by atoms with van der Waals surface area (Å²) >= 11 is 0. The second-order valence-electron chi connectivity index (χ2n) is 7.19. The van der Waals surface area contributed by atoms with Gasteiger partial charge in [0.2, 0.25) is 0 Å². The van der Waals surface area contributed by atoms with E-state index < -0.39 is 11.7 Å². The number of rotatable bonds is 4. The van der Waals surface area contributed by atoms with Gasteiger partial charge in [0.25, 0.3) is 5.91 Å². The van der Waals surface area contributed by atoms with E-state index in [2.05, 4.69) is 10.3 Å². The van der Waals surface area contributed by atoms with Crippen molar-refractivity contribution in [1.29, 1.82) is 0 Å². The van der Waals surface area contributed by atoms with E-state index in [4.69, 9.17) is 4.74 Å². The molecule has 0 atom stereocenters. The molecular formula is C20H20FN3O3. The van der Waals surface area contributed by atoms with Crippen LogP contribution in [0, 0.1) is 11.2 Å². The zero-order valence-corrected chi connectivity index (χ0v) is 14.8. The summed E-state index contributed by atoms with van der Waals surface area (Å²) in [5, 5.41) is 2.74. The molecule has 1 amide bonds. The minimum Gasteiger partial charge on any atom is -0.381 e. The average Bonchev–Trinajstić information content (AvgIpc) is 2.67. The van der Waals surface area contributed by atoms with E-state index >= 15 is 0 Å². The molecule has 7 heteroatoms. The first-order valence-corrected chi connectivity index (χ1v) is 8.93. The van der Waals surface area contributed by atoms with Crippen molar-refractivity contribution in [3.05, 3.63) is 53.5 Å². The third kappa shape index (κ3) is 3.55. The van der Waals surface area contributed by atoms with Crippen molar-refractivity contribution in [2.45, 2.75) is 12.8 Å². The molecule has 2 aromatic rings. The number of pyridine rings is 1. The van der Waals surface area contributed by atoms with Crippen molar-refractivity contribution in [3.8, 4) is 0 Å². The summed E-state index contributed by atoms with van der Waals surface area (Å²) in [6.45, 7) is 3.11. The summed E-state index contributed by atoms with van der Waals surface area (Å²) in [5.41, 5.74) is 1.47. The Morgan fingerprint density at radius 3 is 2.59 bits per heavy atom. The Hall–Kier alpha value is -2.80. The lowest BCUT2D eigenvalue weighted by molar-refractivity contribution is -0.000514. The van der Waals surface area contributed by atoms with E-state index in [-0.39, 0.29) is 11.0 Å². The van der Waals surface area contributed by atoms with Gasteiger partial charge in [-0.1, -0.05) is 0 Å². The maximum Gasteiger partial charge on any atom is 0.259 e. The Balaban J connectivity index is 1.52. The van der Waals surface area contributed by atoms with Crippen LogP contribution in [0.5, 0.6) is 0 Å². The molecule has 2 aliphatic rings. The van der Waals surface area contributed by atoms with E-state index in [9.17, 15) is 14.0 Å². The molecule has 0 aliphatic carbocycles. The molecule has 27 heavy (non-hydrogen) atoms. The Labute approximate surface area is 156 Å². The molecule has 4 rings (SSSR count). The van der Waals surface area contributed by atoms with E-state index in [0.717, 1.165) is 51.6 Å². The van der Waals surface area contributed by atoms with Crippen LogP contribution in [0.15, 0.2) is 36.5 Å². The molecule has 2 saturated heterocycles. The molecule has 2 aliphatic heterocycles. The van der Waals surface area contributed by atoms with Gasteiger partial charge in [0, 0.05) is 43.0 Å². The first kappa shape index (κ1) is 17.6. The van der Waals surface area contributed by atoms with Crippen molar-refractivity contribution < 1.29 is 18.7 Å². The van der Waals surface area contributed by atoms with Gasteiger partial charge in [-0.2, -0.15) is 0 Å². The zero-order chi connectivity index (χ0) is 18.9. The molecule has 1 N–H and O–H groups in total. The van der Waals surface area contributed by atoms with Gasteiger partial charge in [-0.15, -0.1) is 0 Å². The molecule has 140 valence electrons. The number of benzene rings is 1. The maximum atomic E-state index is 13.8. The van der Waals surface area contributed by atoms with Gasteiger partial charge in [-0.05, 0) is 43.2 Å². The van der Waals surface area contributed by atoms with Gasteiger partial charge in [0.1, 0.15) is 17.9 Å². The lowest BCUT2D eigenvalue weighted by Crippen LogP contribution is -2.59. The van der Waals surface area contributed by atoms with E-state index in [1.807, 2.05) is 4.90 Å². The normalized spacial score (nSPS) is 18.0. The summed E-state index contributed by atoms with van der Waals surface area (Å²) in [4.78, 5) is 29.7. The summed E-state index contributed by atoms with van der Waals surface area (Å²) in [6.07, 6.45) is 3.86. The fraction of sp³-hybridized carbons (Fsp3) is 0.350. The minimum atomic E-state index is -0.554. The second-order valence-corrected chi connectivity index (χ2v) is 7.19. The van der Waals surface area contributed by atoms with E-state index in [1.165, 1.54) is 6.07 Å². The number of anilines is 2. The molecule has 3 heterocycles. The number of carbonyl (C=O) groups is 2. The Morgan fingerprint density at radius 2 is 1.93 bits per heavy atom.